The average Bonchev–Trinajstić information content (AvgIpc) is 1.93. The first-order chi connectivity index (χ1) is 4.76. The van der Waals surface area contributed by atoms with Crippen molar-refractivity contribution in [2.75, 3.05) is 25.0 Å². The Morgan fingerprint density at radius 2 is 1.09 bits per heavy atom. The van der Waals surface area contributed by atoms with Gasteiger partial charge in [-0.3, -0.25) is 0 Å². The van der Waals surface area contributed by atoms with Crippen LogP contribution in [0.3, 0.4) is 0 Å². The van der Waals surface area contributed by atoms with E-state index < -0.39 is 0 Å². The van der Waals surface area contributed by atoms with Crippen molar-refractivity contribution in [3.63, 3.8) is 0 Å². The molecular weight excluding hydrogens is 181 g/mol. The van der Waals surface area contributed by atoms with E-state index in [1.807, 2.05) is 0 Å². The predicted octanol–water partition coefficient (Wildman–Crippen LogP) is 3.41. The number of alkyl halides is 2. The summed E-state index contributed by atoms with van der Waals surface area (Å²) in [6.07, 6.45) is 0. The van der Waals surface area contributed by atoms with Crippen LogP contribution in [0.25, 0.3) is 0 Å². The summed E-state index contributed by atoms with van der Waals surface area (Å²) < 4.78 is 0. The summed E-state index contributed by atoms with van der Waals surface area (Å²) in [6.45, 7) is 10.1. The lowest BCUT2D eigenvalue weighted by Gasteiger charge is -2.13. The van der Waals surface area contributed by atoms with Gasteiger partial charge in [0.05, 0.1) is 5.34 Å². The predicted molar refractivity (Wildman–Crippen MR) is 56.8 cm³/mol. The minimum atomic E-state index is 0. The van der Waals surface area contributed by atoms with Crippen LogP contribution in [0.4, 0.5) is 0 Å². The van der Waals surface area contributed by atoms with E-state index >= 15 is 0 Å². The molecule has 0 saturated carbocycles. The van der Waals surface area contributed by atoms with Gasteiger partial charge in [-0.2, -0.15) is 0 Å². The highest BCUT2D eigenvalue weighted by atomic mass is 35.5. The summed E-state index contributed by atoms with van der Waals surface area (Å²) in [7, 11) is 0. The first kappa shape index (κ1) is 17.6. The van der Waals surface area contributed by atoms with Gasteiger partial charge in [0.25, 0.3) is 0 Å². The second-order valence-electron chi connectivity index (χ2n) is 1.72. The van der Waals surface area contributed by atoms with Gasteiger partial charge in [0.2, 0.25) is 0 Å². The Kier molecular flexibility index (Phi) is 27.0. The lowest BCUT2D eigenvalue weighted by Crippen LogP contribution is -2.21. The Morgan fingerprint density at radius 3 is 1.09 bits per heavy atom. The fourth-order valence-corrected chi connectivity index (χ4v) is 0.671. The molecule has 0 heterocycles. The molecule has 0 aliphatic rings. The van der Waals surface area contributed by atoms with Crippen LogP contribution in [0.1, 0.15) is 28.2 Å². The molecule has 72 valence electrons. The van der Waals surface area contributed by atoms with Crippen molar-refractivity contribution in [1.82, 2.24) is 4.90 Å². The molecule has 0 spiro atoms. The molecule has 0 aliphatic carbocycles. The molecule has 11 heavy (non-hydrogen) atoms. The van der Waals surface area contributed by atoms with Gasteiger partial charge in [-0.05, 0) is 19.6 Å². The maximum atomic E-state index is 4.76. The summed E-state index contributed by atoms with van der Waals surface area (Å²) in [6, 6.07) is 0. The first-order valence-corrected chi connectivity index (χ1v) is 4.67. The van der Waals surface area contributed by atoms with Gasteiger partial charge in [0.15, 0.2) is 0 Å². The third-order valence-corrected chi connectivity index (χ3v) is 1.34. The number of hydrogen-bond donors (Lipinski definition) is 0. The van der Waals surface area contributed by atoms with Gasteiger partial charge in [-0.1, -0.05) is 28.2 Å². The van der Waals surface area contributed by atoms with Crippen molar-refractivity contribution in [3.05, 3.63) is 0 Å². The topological polar surface area (TPSA) is 3.24 Å². The molecule has 0 amide bonds. The largest absolute Gasteiger partial charge is 0.304 e. The highest BCUT2D eigenvalue weighted by molar-refractivity contribution is 6.40. The van der Waals surface area contributed by atoms with Gasteiger partial charge < -0.3 is 4.90 Å². The molecule has 0 aromatic carbocycles. The normalized spacial score (nSPS) is 8.18. The average molecular weight is 202 g/mol. The van der Waals surface area contributed by atoms with Crippen molar-refractivity contribution in [2.45, 2.75) is 28.2 Å². The standard InChI is InChI=1S/C6H15N.CH2Cl2.CH4/c1-4-7(5-2)6-3;2-1-3;/h4-6H2,1-3H3;1H2;1H4. The number of rotatable bonds is 3. The molecule has 0 aliphatic heterocycles. The highest BCUT2D eigenvalue weighted by Gasteiger charge is 1.89. The molecule has 0 fully saturated rings. The van der Waals surface area contributed by atoms with Crippen LogP contribution in [0.2, 0.25) is 0 Å². The van der Waals surface area contributed by atoms with E-state index in [1.165, 1.54) is 19.6 Å². The summed E-state index contributed by atoms with van der Waals surface area (Å²) in [5.41, 5.74) is 0. The molecule has 0 unspecified atom stereocenters. The van der Waals surface area contributed by atoms with E-state index in [-0.39, 0.29) is 12.8 Å². The lowest BCUT2D eigenvalue weighted by atomic mass is 10.5. The third kappa shape index (κ3) is 18.0. The Balaban J connectivity index is -0.000000140. The number of hydrogen-bond acceptors (Lipinski definition) is 1. The Labute approximate surface area is 81.7 Å². The smallest absolute Gasteiger partial charge is 0.0967 e. The summed E-state index contributed by atoms with van der Waals surface area (Å²) in [4.78, 5) is 2.38. The van der Waals surface area contributed by atoms with E-state index in [1.54, 1.807) is 0 Å². The fraction of sp³-hybridized carbons (Fsp3) is 1.00. The zero-order chi connectivity index (χ0) is 8.41. The van der Waals surface area contributed by atoms with Gasteiger partial charge in [-0.25, -0.2) is 0 Å². The lowest BCUT2D eigenvalue weighted by molar-refractivity contribution is 0.321. The second-order valence-corrected chi connectivity index (χ2v) is 2.53. The zero-order valence-corrected chi connectivity index (χ0v) is 8.54. The van der Waals surface area contributed by atoms with Gasteiger partial charge in [0.1, 0.15) is 0 Å². The highest BCUT2D eigenvalue weighted by Crippen LogP contribution is 1.81. The van der Waals surface area contributed by atoms with Crippen molar-refractivity contribution in [1.29, 1.82) is 0 Å². The monoisotopic (exact) mass is 201 g/mol. The Morgan fingerprint density at radius 1 is 0.909 bits per heavy atom. The maximum absolute atomic E-state index is 4.76. The van der Waals surface area contributed by atoms with Crippen molar-refractivity contribution in [3.8, 4) is 0 Å². The molecule has 0 rings (SSSR count). The van der Waals surface area contributed by atoms with Crippen LogP contribution in [0.15, 0.2) is 0 Å². The van der Waals surface area contributed by atoms with E-state index in [0.29, 0.717) is 0 Å². The molecule has 0 atom stereocenters. The van der Waals surface area contributed by atoms with Crippen LogP contribution in [-0.4, -0.2) is 29.9 Å². The van der Waals surface area contributed by atoms with Crippen LogP contribution in [0, 0.1) is 0 Å². The van der Waals surface area contributed by atoms with Crippen LogP contribution >= 0.6 is 23.2 Å². The van der Waals surface area contributed by atoms with Crippen molar-refractivity contribution >= 4 is 23.2 Å². The molecule has 0 aromatic heterocycles. The van der Waals surface area contributed by atoms with E-state index in [2.05, 4.69) is 25.7 Å². The number of halogens is 2. The van der Waals surface area contributed by atoms with Gasteiger partial charge >= 0.3 is 0 Å². The summed E-state index contributed by atoms with van der Waals surface area (Å²) in [5, 5.41) is 0.194. The minimum absolute atomic E-state index is 0. The molecule has 0 bridgehead atoms. The second kappa shape index (κ2) is 16.9. The van der Waals surface area contributed by atoms with Crippen LogP contribution in [0.5, 0.6) is 0 Å². The first-order valence-electron chi connectivity index (χ1n) is 3.60. The molecule has 0 N–H and O–H groups in total. The molecule has 1 nitrogen and oxygen atoms in total. The van der Waals surface area contributed by atoms with Crippen molar-refractivity contribution < 1.29 is 0 Å². The van der Waals surface area contributed by atoms with Crippen molar-refractivity contribution in [2.24, 2.45) is 0 Å². The molecule has 3 heteroatoms. The molecule has 0 aromatic rings. The molecule has 0 saturated heterocycles. The van der Waals surface area contributed by atoms with E-state index in [4.69, 9.17) is 23.2 Å². The molecule has 0 radical (unpaired) electrons. The van der Waals surface area contributed by atoms with Gasteiger partial charge in [-0.15, -0.1) is 23.2 Å². The minimum Gasteiger partial charge on any atom is -0.304 e. The van der Waals surface area contributed by atoms with Crippen LogP contribution in [-0.2, 0) is 0 Å². The quantitative estimate of drug-likeness (QED) is 0.634. The zero-order valence-electron chi connectivity index (χ0n) is 7.03. The summed E-state index contributed by atoms with van der Waals surface area (Å²) >= 11 is 9.53. The third-order valence-electron chi connectivity index (χ3n) is 1.34. The Bertz CT molecular complexity index is 41.8. The van der Waals surface area contributed by atoms with E-state index in [0.717, 1.165) is 0 Å². The molecular formula is C8H21Cl2N. The van der Waals surface area contributed by atoms with E-state index in [9.17, 15) is 0 Å². The maximum Gasteiger partial charge on any atom is 0.0967 e. The Hall–Kier alpha value is 0.540. The fourth-order valence-electron chi connectivity index (χ4n) is 0.671. The van der Waals surface area contributed by atoms with Crippen LogP contribution < -0.4 is 0 Å². The SMILES string of the molecule is C.CCN(CC)CC.ClCCl. The number of nitrogens with zero attached hydrogens (tertiary/aromatic N) is 1. The summed E-state index contributed by atoms with van der Waals surface area (Å²) in [5.74, 6) is 0. The van der Waals surface area contributed by atoms with Gasteiger partial charge in [0, 0.05) is 0 Å².